The first-order chi connectivity index (χ1) is 9.63. The zero-order valence-electron chi connectivity index (χ0n) is 10.4. The number of amides is 1. The van der Waals surface area contributed by atoms with Gasteiger partial charge in [-0.1, -0.05) is 5.16 Å². The predicted molar refractivity (Wildman–Crippen MR) is 66.3 cm³/mol. The van der Waals surface area contributed by atoms with Gasteiger partial charge in [0.05, 0.1) is 17.6 Å². The van der Waals surface area contributed by atoms with Crippen LogP contribution in [0.1, 0.15) is 34.8 Å². The van der Waals surface area contributed by atoms with E-state index in [2.05, 4.69) is 15.6 Å². The van der Waals surface area contributed by atoms with E-state index in [1.807, 2.05) is 0 Å². The molecular weight excluding hydrogens is 264 g/mol. The third-order valence-corrected chi connectivity index (χ3v) is 2.99. The topological polar surface area (TPSA) is 110 Å². The lowest BCUT2D eigenvalue weighted by atomic mass is 10.1. The van der Waals surface area contributed by atoms with Gasteiger partial charge in [0, 0.05) is 12.1 Å². The molecule has 0 aromatic carbocycles. The number of carboxylic acids is 1. The number of hydrogen-bond acceptors (Lipinski definition) is 5. The van der Waals surface area contributed by atoms with Crippen molar-refractivity contribution in [3.63, 3.8) is 0 Å². The van der Waals surface area contributed by atoms with E-state index in [9.17, 15) is 9.59 Å². The fraction of sp³-hybridized carbons (Fsp3) is 0.333. The Morgan fingerprint density at radius 2 is 2.30 bits per heavy atom. The van der Waals surface area contributed by atoms with Gasteiger partial charge in [-0.3, -0.25) is 14.3 Å². The number of anilines is 1. The number of aliphatic carboxylic acids is 1. The molecule has 20 heavy (non-hydrogen) atoms. The quantitative estimate of drug-likeness (QED) is 0.845. The molecule has 1 amide bonds. The first-order valence-electron chi connectivity index (χ1n) is 6.13. The fourth-order valence-electron chi connectivity index (χ4n) is 1.92. The molecule has 0 atom stereocenters. The number of nitrogens with one attached hydrogen (secondary N) is 1. The standard InChI is InChI=1S/C12H12N4O4/c17-10(18)5-16-4-8(3-13-16)14-12(19)9-6-20-15-11(9)7-1-2-7/h3-4,6-7H,1-2,5H2,(H,14,19)(H,17,18). The second-order valence-electron chi connectivity index (χ2n) is 4.66. The summed E-state index contributed by atoms with van der Waals surface area (Å²) in [5.74, 6) is -1.02. The number of carboxylic acid groups (broad SMARTS) is 1. The van der Waals surface area contributed by atoms with E-state index in [0.717, 1.165) is 12.8 Å². The minimum Gasteiger partial charge on any atom is -0.480 e. The van der Waals surface area contributed by atoms with Gasteiger partial charge >= 0.3 is 5.97 Å². The molecule has 1 aliphatic carbocycles. The summed E-state index contributed by atoms with van der Waals surface area (Å²) in [6.45, 7) is -0.254. The predicted octanol–water partition coefficient (Wildman–Crippen LogP) is 1.09. The zero-order chi connectivity index (χ0) is 14.1. The van der Waals surface area contributed by atoms with Crippen LogP contribution >= 0.6 is 0 Å². The molecule has 8 heteroatoms. The molecule has 2 heterocycles. The first-order valence-corrected chi connectivity index (χ1v) is 6.13. The van der Waals surface area contributed by atoms with Gasteiger partial charge in [0.25, 0.3) is 5.91 Å². The Morgan fingerprint density at radius 1 is 1.50 bits per heavy atom. The van der Waals surface area contributed by atoms with Gasteiger partial charge in [0.1, 0.15) is 18.4 Å². The maximum atomic E-state index is 12.1. The van der Waals surface area contributed by atoms with Crippen molar-refractivity contribution in [2.45, 2.75) is 25.3 Å². The fourth-order valence-corrected chi connectivity index (χ4v) is 1.92. The van der Waals surface area contributed by atoms with Gasteiger partial charge in [-0.25, -0.2) is 0 Å². The highest BCUT2D eigenvalue weighted by atomic mass is 16.5. The maximum Gasteiger partial charge on any atom is 0.325 e. The van der Waals surface area contributed by atoms with Crippen molar-refractivity contribution in [3.8, 4) is 0 Å². The third-order valence-electron chi connectivity index (χ3n) is 2.99. The summed E-state index contributed by atoms with van der Waals surface area (Å²) in [5.41, 5.74) is 1.53. The molecule has 2 aromatic heterocycles. The van der Waals surface area contributed by atoms with Crippen molar-refractivity contribution in [2.75, 3.05) is 5.32 Å². The molecule has 0 radical (unpaired) electrons. The molecule has 1 saturated carbocycles. The van der Waals surface area contributed by atoms with E-state index in [1.54, 1.807) is 0 Å². The first kappa shape index (κ1) is 12.4. The Kier molecular flexibility index (Phi) is 2.97. The smallest absolute Gasteiger partial charge is 0.325 e. The molecule has 0 saturated heterocycles. The van der Waals surface area contributed by atoms with Crippen molar-refractivity contribution in [1.29, 1.82) is 0 Å². The van der Waals surface area contributed by atoms with Crippen LogP contribution in [-0.2, 0) is 11.3 Å². The van der Waals surface area contributed by atoms with Crippen LogP contribution in [0.5, 0.6) is 0 Å². The van der Waals surface area contributed by atoms with Gasteiger partial charge in [-0.05, 0) is 12.8 Å². The molecule has 2 aromatic rings. The van der Waals surface area contributed by atoms with Crippen LogP contribution in [0.4, 0.5) is 5.69 Å². The van der Waals surface area contributed by atoms with Crippen LogP contribution < -0.4 is 5.32 Å². The monoisotopic (exact) mass is 276 g/mol. The second kappa shape index (κ2) is 4.80. The van der Waals surface area contributed by atoms with Crippen LogP contribution in [0.15, 0.2) is 23.2 Å². The molecule has 0 spiro atoms. The highest BCUT2D eigenvalue weighted by molar-refractivity contribution is 6.04. The van der Waals surface area contributed by atoms with Crippen molar-refractivity contribution in [1.82, 2.24) is 14.9 Å². The van der Waals surface area contributed by atoms with Crippen molar-refractivity contribution >= 4 is 17.6 Å². The van der Waals surface area contributed by atoms with Crippen LogP contribution in [0.2, 0.25) is 0 Å². The molecular formula is C12H12N4O4. The summed E-state index contributed by atoms with van der Waals surface area (Å²) >= 11 is 0. The maximum absolute atomic E-state index is 12.1. The van der Waals surface area contributed by atoms with E-state index in [1.165, 1.54) is 23.3 Å². The van der Waals surface area contributed by atoms with Gasteiger partial charge in [0.15, 0.2) is 0 Å². The second-order valence-corrected chi connectivity index (χ2v) is 4.66. The Balaban J connectivity index is 1.70. The van der Waals surface area contributed by atoms with Crippen LogP contribution in [-0.4, -0.2) is 31.9 Å². The molecule has 1 fully saturated rings. The van der Waals surface area contributed by atoms with Gasteiger partial charge < -0.3 is 14.9 Å². The van der Waals surface area contributed by atoms with Crippen LogP contribution in [0.25, 0.3) is 0 Å². The van der Waals surface area contributed by atoms with Crippen molar-refractivity contribution in [3.05, 3.63) is 29.9 Å². The summed E-state index contributed by atoms with van der Waals surface area (Å²) in [4.78, 5) is 22.6. The Bertz CT molecular complexity index is 656. The highest BCUT2D eigenvalue weighted by Crippen LogP contribution is 2.40. The van der Waals surface area contributed by atoms with Gasteiger partial charge in [0.2, 0.25) is 0 Å². The molecule has 0 aliphatic heterocycles. The lowest BCUT2D eigenvalue weighted by Gasteiger charge is -2.00. The van der Waals surface area contributed by atoms with Gasteiger partial charge in [-0.2, -0.15) is 5.10 Å². The largest absolute Gasteiger partial charge is 0.480 e. The van der Waals surface area contributed by atoms with E-state index < -0.39 is 5.97 Å². The number of nitrogens with zero attached hydrogens (tertiary/aromatic N) is 3. The minimum absolute atomic E-state index is 0.254. The normalized spacial score (nSPS) is 14.2. The Hall–Kier alpha value is -2.64. The highest BCUT2D eigenvalue weighted by Gasteiger charge is 2.31. The molecule has 8 nitrogen and oxygen atoms in total. The number of aromatic nitrogens is 3. The average Bonchev–Trinajstić information content (AvgIpc) is 2.95. The third kappa shape index (κ3) is 2.53. The summed E-state index contributed by atoms with van der Waals surface area (Å²) in [7, 11) is 0. The molecule has 0 unspecified atom stereocenters. The number of hydrogen-bond donors (Lipinski definition) is 2. The van der Waals surface area contributed by atoms with Crippen LogP contribution in [0, 0.1) is 0 Å². The van der Waals surface area contributed by atoms with Crippen LogP contribution in [0.3, 0.4) is 0 Å². The van der Waals surface area contributed by atoms with E-state index >= 15 is 0 Å². The lowest BCUT2D eigenvalue weighted by molar-refractivity contribution is -0.137. The van der Waals surface area contributed by atoms with E-state index in [0.29, 0.717) is 22.9 Å². The Morgan fingerprint density at radius 3 is 3.00 bits per heavy atom. The Labute approximate surface area is 113 Å². The molecule has 0 bridgehead atoms. The molecule has 1 aliphatic rings. The molecule has 3 rings (SSSR count). The molecule has 2 N–H and O–H groups in total. The summed E-state index contributed by atoms with van der Waals surface area (Å²) < 4.78 is 6.08. The van der Waals surface area contributed by atoms with Gasteiger partial charge in [-0.15, -0.1) is 0 Å². The number of carbonyl (C=O) groups excluding carboxylic acids is 1. The van der Waals surface area contributed by atoms with Crippen molar-refractivity contribution in [2.24, 2.45) is 0 Å². The summed E-state index contributed by atoms with van der Waals surface area (Å²) in [6.07, 6.45) is 6.21. The van der Waals surface area contributed by atoms with E-state index in [4.69, 9.17) is 9.63 Å². The summed E-state index contributed by atoms with van der Waals surface area (Å²) in [5, 5.41) is 19.0. The number of carbonyl (C=O) groups is 2. The summed E-state index contributed by atoms with van der Waals surface area (Å²) in [6, 6.07) is 0. The minimum atomic E-state index is -0.999. The van der Waals surface area contributed by atoms with Crippen molar-refractivity contribution < 1.29 is 19.2 Å². The van der Waals surface area contributed by atoms with E-state index in [-0.39, 0.29) is 12.5 Å². The number of rotatable bonds is 5. The molecule has 104 valence electrons. The average molecular weight is 276 g/mol. The SMILES string of the molecule is O=C(O)Cn1cc(NC(=O)c2conc2C2CC2)cn1. The zero-order valence-corrected chi connectivity index (χ0v) is 10.4. The lowest BCUT2D eigenvalue weighted by Crippen LogP contribution is -2.13.